The van der Waals surface area contributed by atoms with E-state index in [0.717, 1.165) is 13.0 Å². The molecular weight excluding hydrogens is 246 g/mol. The molecule has 0 saturated carbocycles. The molecule has 102 valence electrons. The third kappa shape index (κ3) is 2.58. The molecule has 3 nitrogen and oxygen atoms in total. The van der Waals surface area contributed by atoms with Crippen LogP contribution >= 0.6 is 0 Å². The van der Waals surface area contributed by atoms with E-state index in [9.17, 15) is 0 Å². The smallest absolute Gasteiger partial charge is 0.0491 e. The van der Waals surface area contributed by atoms with E-state index in [1.54, 1.807) is 0 Å². The summed E-state index contributed by atoms with van der Waals surface area (Å²) in [5.74, 6) is 0. The molecule has 0 atom stereocenters. The molecule has 0 bridgehead atoms. The third-order valence-electron chi connectivity index (χ3n) is 3.55. The quantitative estimate of drug-likeness (QED) is 0.788. The molecular formula is C17H19N3. The highest BCUT2D eigenvalue weighted by Crippen LogP contribution is 2.19. The number of aromatic nitrogens is 2. The van der Waals surface area contributed by atoms with E-state index in [-0.39, 0.29) is 0 Å². The molecule has 2 N–H and O–H groups in total. The number of fused-ring (bicyclic) bond motifs is 1. The van der Waals surface area contributed by atoms with Crippen LogP contribution in [0.1, 0.15) is 16.7 Å². The molecule has 0 radical (unpaired) electrons. The Balaban J connectivity index is 1.92. The molecule has 0 aliphatic heterocycles. The molecule has 2 heterocycles. The second-order valence-corrected chi connectivity index (χ2v) is 5.25. The molecule has 1 aromatic carbocycles. The van der Waals surface area contributed by atoms with Crippen molar-refractivity contribution in [2.75, 3.05) is 6.54 Å². The van der Waals surface area contributed by atoms with E-state index in [1.165, 1.54) is 27.6 Å². The predicted molar refractivity (Wildman–Crippen MR) is 82.8 cm³/mol. The van der Waals surface area contributed by atoms with Crippen LogP contribution in [0.15, 0.2) is 48.9 Å². The van der Waals surface area contributed by atoms with Crippen LogP contribution in [0.25, 0.3) is 10.9 Å². The van der Waals surface area contributed by atoms with Gasteiger partial charge in [-0.05, 0) is 60.2 Å². The van der Waals surface area contributed by atoms with Crippen molar-refractivity contribution < 1.29 is 0 Å². The molecule has 2 aromatic heterocycles. The van der Waals surface area contributed by atoms with Gasteiger partial charge in [0, 0.05) is 30.7 Å². The van der Waals surface area contributed by atoms with Crippen LogP contribution in [0.3, 0.4) is 0 Å². The maximum absolute atomic E-state index is 5.61. The maximum Gasteiger partial charge on any atom is 0.0491 e. The Kier molecular flexibility index (Phi) is 3.52. The first-order valence-electron chi connectivity index (χ1n) is 6.94. The van der Waals surface area contributed by atoms with Crippen molar-refractivity contribution in [1.29, 1.82) is 0 Å². The number of aryl methyl sites for hydroxylation is 1. The van der Waals surface area contributed by atoms with Crippen molar-refractivity contribution in [3.63, 3.8) is 0 Å². The lowest BCUT2D eigenvalue weighted by Gasteiger charge is -2.07. The molecule has 0 fully saturated rings. The fourth-order valence-corrected chi connectivity index (χ4v) is 2.61. The molecule has 0 saturated heterocycles. The number of nitrogens with zero attached hydrogens (tertiary/aromatic N) is 2. The monoisotopic (exact) mass is 265 g/mol. The highest BCUT2D eigenvalue weighted by molar-refractivity contribution is 5.81. The largest absolute Gasteiger partial charge is 0.343 e. The average molecular weight is 265 g/mol. The Morgan fingerprint density at radius 3 is 2.80 bits per heavy atom. The first kappa shape index (κ1) is 12.9. The summed E-state index contributed by atoms with van der Waals surface area (Å²) in [6.07, 6.45) is 6.89. The van der Waals surface area contributed by atoms with Gasteiger partial charge in [0.1, 0.15) is 0 Å². The zero-order valence-electron chi connectivity index (χ0n) is 11.7. The Morgan fingerprint density at radius 2 is 2.00 bits per heavy atom. The summed E-state index contributed by atoms with van der Waals surface area (Å²) >= 11 is 0. The van der Waals surface area contributed by atoms with Crippen LogP contribution in [0.5, 0.6) is 0 Å². The van der Waals surface area contributed by atoms with E-state index >= 15 is 0 Å². The van der Waals surface area contributed by atoms with Crippen molar-refractivity contribution in [2.45, 2.75) is 19.9 Å². The summed E-state index contributed by atoms with van der Waals surface area (Å²) in [5, 5.41) is 1.27. The second kappa shape index (κ2) is 5.47. The van der Waals surface area contributed by atoms with Gasteiger partial charge in [0.15, 0.2) is 0 Å². The van der Waals surface area contributed by atoms with E-state index in [2.05, 4.69) is 53.0 Å². The molecule has 20 heavy (non-hydrogen) atoms. The van der Waals surface area contributed by atoms with E-state index in [4.69, 9.17) is 5.73 Å². The van der Waals surface area contributed by atoms with Gasteiger partial charge >= 0.3 is 0 Å². The molecule has 0 aliphatic rings. The van der Waals surface area contributed by atoms with Crippen molar-refractivity contribution in [3.8, 4) is 0 Å². The fraction of sp³-hybridized carbons (Fsp3) is 0.235. The van der Waals surface area contributed by atoms with Gasteiger partial charge in [0.05, 0.1) is 0 Å². The Morgan fingerprint density at radius 1 is 1.10 bits per heavy atom. The number of benzene rings is 1. The summed E-state index contributed by atoms with van der Waals surface area (Å²) in [4.78, 5) is 4.26. The summed E-state index contributed by atoms with van der Waals surface area (Å²) in [5.41, 5.74) is 10.6. The molecule has 0 amide bonds. The van der Waals surface area contributed by atoms with E-state index < -0.39 is 0 Å². The minimum Gasteiger partial charge on any atom is -0.343 e. The van der Waals surface area contributed by atoms with Gasteiger partial charge in [-0.25, -0.2) is 0 Å². The van der Waals surface area contributed by atoms with Gasteiger partial charge < -0.3 is 10.3 Å². The molecule has 0 spiro atoms. The van der Waals surface area contributed by atoms with Crippen LogP contribution < -0.4 is 5.73 Å². The number of rotatable bonds is 4. The number of pyridine rings is 1. The van der Waals surface area contributed by atoms with Gasteiger partial charge in [-0.2, -0.15) is 0 Å². The van der Waals surface area contributed by atoms with Crippen molar-refractivity contribution >= 4 is 10.9 Å². The molecule has 0 aliphatic carbocycles. The minimum absolute atomic E-state index is 0.696. The van der Waals surface area contributed by atoms with Crippen molar-refractivity contribution in [2.24, 2.45) is 5.73 Å². The van der Waals surface area contributed by atoms with Crippen LogP contribution in [0, 0.1) is 6.92 Å². The first-order valence-corrected chi connectivity index (χ1v) is 6.94. The summed E-state index contributed by atoms with van der Waals surface area (Å²) < 4.78 is 2.26. The van der Waals surface area contributed by atoms with Crippen LogP contribution in [-0.4, -0.2) is 16.1 Å². The molecule has 0 unspecified atom stereocenters. The van der Waals surface area contributed by atoms with Crippen LogP contribution in [0.4, 0.5) is 0 Å². The van der Waals surface area contributed by atoms with Crippen molar-refractivity contribution in [3.05, 3.63) is 65.6 Å². The normalized spacial score (nSPS) is 11.1. The molecule has 3 rings (SSSR count). The maximum atomic E-state index is 5.61. The van der Waals surface area contributed by atoms with E-state index in [0.29, 0.717) is 6.54 Å². The zero-order valence-corrected chi connectivity index (χ0v) is 11.7. The summed E-state index contributed by atoms with van der Waals surface area (Å²) in [6.45, 7) is 3.62. The predicted octanol–water partition coefficient (Wildman–Crippen LogP) is 2.89. The Hall–Kier alpha value is -2.13. The number of hydrogen-bond acceptors (Lipinski definition) is 2. The minimum atomic E-state index is 0.696. The third-order valence-corrected chi connectivity index (χ3v) is 3.55. The lowest BCUT2D eigenvalue weighted by atomic mass is 10.1. The SMILES string of the molecule is Cc1cncc(Cn2ccc3cc(CCN)ccc32)c1. The zero-order chi connectivity index (χ0) is 13.9. The fourth-order valence-electron chi connectivity index (χ4n) is 2.61. The number of nitrogens with two attached hydrogens (primary N) is 1. The Bertz CT molecular complexity index is 728. The summed E-state index contributed by atoms with van der Waals surface area (Å²) in [7, 11) is 0. The molecule has 3 aromatic rings. The standard InChI is InChI=1S/C17H19N3/c1-13-8-15(11-19-10-13)12-20-7-5-16-9-14(4-6-18)2-3-17(16)20/h2-3,5,7-11H,4,6,12,18H2,1H3. The van der Waals surface area contributed by atoms with Gasteiger partial charge in [0.25, 0.3) is 0 Å². The number of hydrogen-bond donors (Lipinski definition) is 1. The average Bonchev–Trinajstić information content (AvgIpc) is 2.82. The van der Waals surface area contributed by atoms with E-state index in [1.807, 2.05) is 12.4 Å². The highest BCUT2D eigenvalue weighted by atomic mass is 15.0. The highest BCUT2D eigenvalue weighted by Gasteiger charge is 2.03. The lowest BCUT2D eigenvalue weighted by Crippen LogP contribution is -2.02. The van der Waals surface area contributed by atoms with Crippen LogP contribution in [-0.2, 0) is 13.0 Å². The van der Waals surface area contributed by atoms with Crippen molar-refractivity contribution in [1.82, 2.24) is 9.55 Å². The lowest BCUT2D eigenvalue weighted by molar-refractivity contribution is 0.830. The van der Waals surface area contributed by atoms with Gasteiger partial charge in [0.2, 0.25) is 0 Å². The summed E-state index contributed by atoms with van der Waals surface area (Å²) in [6, 6.07) is 10.9. The molecule has 3 heteroatoms. The van der Waals surface area contributed by atoms with Gasteiger partial charge in [-0.3, -0.25) is 4.98 Å². The van der Waals surface area contributed by atoms with Crippen LogP contribution in [0.2, 0.25) is 0 Å². The van der Waals surface area contributed by atoms with Gasteiger partial charge in [-0.15, -0.1) is 0 Å². The van der Waals surface area contributed by atoms with Gasteiger partial charge in [-0.1, -0.05) is 12.1 Å². The Labute approximate surface area is 119 Å². The second-order valence-electron chi connectivity index (χ2n) is 5.25. The first-order chi connectivity index (χ1) is 9.76. The topological polar surface area (TPSA) is 43.8 Å².